The van der Waals surface area contributed by atoms with Gasteiger partial charge in [-0.15, -0.1) is 0 Å². The van der Waals surface area contributed by atoms with Crippen molar-refractivity contribution >= 4 is 16.7 Å². The van der Waals surface area contributed by atoms with E-state index < -0.39 is 12.3 Å². The Balaban J connectivity index is 1.76. The number of ether oxygens (including phenoxy) is 2. The van der Waals surface area contributed by atoms with Crippen LogP contribution in [-0.4, -0.2) is 47.0 Å². The molecule has 0 unspecified atom stereocenters. The molecule has 1 aromatic heterocycles. The maximum Gasteiger partial charge on any atom is 0.331 e. The lowest BCUT2D eigenvalue weighted by atomic mass is 10.1. The van der Waals surface area contributed by atoms with Gasteiger partial charge in [0.05, 0.1) is 24.1 Å². The minimum atomic E-state index is -0.565. The van der Waals surface area contributed by atoms with Crippen LogP contribution in [0.15, 0.2) is 82.4 Å². The van der Waals surface area contributed by atoms with Gasteiger partial charge in [0.15, 0.2) is 5.78 Å². The predicted octanol–water partition coefficient (Wildman–Crippen LogP) is 2.65. The first kappa shape index (κ1) is 25.1. The number of rotatable bonds is 11. The number of fused-ring (bicyclic) bond motifs is 1. The fourth-order valence-corrected chi connectivity index (χ4v) is 4.04. The molecular formula is C28H28N2O6. The van der Waals surface area contributed by atoms with Crippen molar-refractivity contribution in [2.75, 3.05) is 26.9 Å². The molecular weight excluding hydrogens is 460 g/mol. The van der Waals surface area contributed by atoms with Gasteiger partial charge in [-0.2, -0.15) is 0 Å². The van der Waals surface area contributed by atoms with Crippen LogP contribution in [0.3, 0.4) is 0 Å². The molecule has 3 aromatic carbocycles. The van der Waals surface area contributed by atoms with Crippen molar-refractivity contribution < 1.29 is 19.4 Å². The van der Waals surface area contributed by atoms with Crippen LogP contribution in [0, 0.1) is 0 Å². The Hall–Kier alpha value is -4.01. The zero-order chi connectivity index (χ0) is 25.5. The highest BCUT2D eigenvalue weighted by Crippen LogP contribution is 2.19. The summed E-state index contributed by atoms with van der Waals surface area (Å²) in [5, 5.41) is 9.46. The molecule has 0 aliphatic carbocycles. The number of aryl methyl sites for hydroxylation is 1. The maximum absolute atomic E-state index is 13.5. The summed E-state index contributed by atoms with van der Waals surface area (Å²) in [6.45, 7) is 0.621. The molecule has 186 valence electrons. The van der Waals surface area contributed by atoms with Crippen LogP contribution in [-0.2, 0) is 24.2 Å². The number of benzene rings is 3. The van der Waals surface area contributed by atoms with Crippen molar-refractivity contribution in [2.45, 2.75) is 19.5 Å². The van der Waals surface area contributed by atoms with Crippen molar-refractivity contribution in [3.05, 3.63) is 110 Å². The normalized spacial score (nSPS) is 11.1. The Kier molecular flexibility index (Phi) is 8.10. The van der Waals surface area contributed by atoms with Crippen LogP contribution < -0.4 is 16.0 Å². The van der Waals surface area contributed by atoms with E-state index in [1.165, 1.54) is 4.57 Å². The SMILES string of the molecule is COCCOc1ccc2c(c1)c(=O)n(CCc1ccccc1)c(=O)n2Cc1ccc(C(=O)CO)cc1. The third kappa shape index (κ3) is 5.62. The number of aliphatic hydroxyl groups excluding tert-OH is 1. The number of aliphatic hydroxyl groups is 1. The lowest BCUT2D eigenvalue weighted by molar-refractivity contribution is 0.0903. The fourth-order valence-electron chi connectivity index (χ4n) is 4.04. The van der Waals surface area contributed by atoms with Gasteiger partial charge in [-0.3, -0.25) is 18.7 Å². The summed E-state index contributed by atoms with van der Waals surface area (Å²) in [7, 11) is 1.58. The van der Waals surface area contributed by atoms with E-state index in [4.69, 9.17) is 14.6 Å². The number of hydrogen-bond acceptors (Lipinski definition) is 6. The lowest BCUT2D eigenvalue weighted by Crippen LogP contribution is -2.40. The van der Waals surface area contributed by atoms with E-state index in [1.807, 2.05) is 30.3 Å². The number of Topliss-reactive ketones (excluding diaryl/α,β-unsaturated/α-hetero) is 1. The molecule has 0 saturated carbocycles. The molecule has 4 aromatic rings. The van der Waals surface area contributed by atoms with Crippen molar-refractivity contribution in [3.63, 3.8) is 0 Å². The minimum Gasteiger partial charge on any atom is -0.491 e. The molecule has 1 heterocycles. The Morgan fingerprint density at radius 3 is 2.33 bits per heavy atom. The van der Waals surface area contributed by atoms with Crippen molar-refractivity contribution in [1.29, 1.82) is 0 Å². The smallest absolute Gasteiger partial charge is 0.331 e. The molecule has 8 nitrogen and oxygen atoms in total. The van der Waals surface area contributed by atoms with Crippen LogP contribution in [0.4, 0.5) is 0 Å². The molecule has 8 heteroatoms. The summed E-state index contributed by atoms with van der Waals surface area (Å²) in [6.07, 6.45) is 0.531. The third-order valence-corrected chi connectivity index (χ3v) is 5.98. The lowest BCUT2D eigenvalue weighted by Gasteiger charge is -2.16. The van der Waals surface area contributed by atoms with Crippen molar-refractivity contribution in [3.8, 4) is 5.75 Å². The van der Waals surface area contributed by atoms with E-state index >= 15 is 0 Å². The molecule has 36 heavy (non-hydrogen) atoms. The van der Waals surface area contributed by atoms with Gasteiger partial charge in [-0.25, -0.2) is 4.79 Å². The quantitative estimate of drug-likeness (QED) is 0.257. The fraction of sp³-hybridized carbons (Fsp3) is 0.250. The molecule has 0 spiro atoms. The van der Waals surface area contributed by atoms with E-state index in [9.17, 15) is 14.4 Å². The second-order valence-electron chi connectivity index (χ2n) is 8.36. The van der Waals surface area contributed by atoms with Crippen molar-refractivity contribution in [2.24, 2.45) is 0 Å². The highest BCUT2D eigenvalue weighted by atomic mass is 16.5. The number of hydrogen-bond donors (Lipinski definition) is 1. The number of aromatic nitrogens is 2. The largest absolute Gasteiger partial charge is 0.491 e. The number of nitrogens with zero attached hydrogens (tertiary/aromatic N) is 2. The Labute approximate surface area is 208 Å². The highest BCUT2D eigenvalue weighted by Gasteiger charge is 2.15. The standard InChI is InChI=1S/C28H28N2O6/c1-35-15-16-36-23-11-12-25-24(17-23)27(33)29(14-13-20-5-3-2-4-6-20)28(34)30(25)18-21-7-9-22(10-8-21)26(32)19-31/h2-12,17,31H,13-16,18-19H2,1H3. The Morgan fingerprint density at radius 1 is 0.889 bits per heavy atom. The van der Waals surface area contributed by atoms with Crippen LogP contribution in [0.2, 0.25) is 0 Å². The van der Waals surface area contributed by atoms with E-state index in [1.54, 1.807) is 54.1 Å². The monoisotopic (exact) mass is 488 g/mol. The Morgan fingerprint density at radius 2 is 1.64 bits per heavy atom. The molecule has 4 rings (SSSR count). The van der Waals surface area contributed by atoms with Gasteiger partial charge in [0.25, 0.3) is 5.56 Å². The zero-order valence-electron chi connectivity index (χ0n) is 20.1. The average molecular weight is 489 g/mol. The number of methoxy groups -OCH3 is 1. The number of carbonyl (C=O) groups excluding carboxylic acids is 1. The van der Waals surface area contributed by atoms with Gasteiger partial charge in [-0.1, -0.05) is 54.6 Å². The van der Waals surface area contributed by atoms with Gasteiger partial charge in [0.1, 0.15) is 19.0 Å². The summed E-state index contributed by atoms with van der Waals surface area (Å²) in [6, 6.07) is 21.5. The molecule has 0 aliphatic heterocycles. The molecule has 0 aliphatic rings. The predicted molar refractivity (Wildman–Crippen MR) is 137 cm³/mol. The molecule has 0 atom stereocenters. The molecule has 0 bridgehead atoms. The van der Waals surface area contributed by atoms with Crippen LogP contribution >= 0.6 is 0 Å². The molecule has 1 N–H and O–H groups in total. The summed E-state index contributed by atoms with van der Waals surface area (Å²) in [5.74, 6) is 0.142. The number of carbonyl (C=O) groups is 1. The summed E-state index contributed by atoms with van der Waals surface area (Å²) in [4.78, 5) is 38.7. The second kappa shape index (κ2) is 11.6. The van der Waals surface area contributed by atoms with E-state index in [0.717, 1.165) is 11.1 Å². The highest BCUT2D eigenvalue weighted by molar-refractivity contribution is 5.96. The first-order chi connectivity index (χ1) is 17.5. The summed E-state index contributed by atoms with van der Waals surface area (Å²) < 4.78 is 13.5. The number of ketones is 1. The first-order valence-electron chi connectivity index (χ1n) is 11.7. The van der Waals surface area contributed by atoms with Gasteiger partial charge < -0.3 is 14.6 Å². The van der Waals surface area contributed by atoms with Gasteiger partial charge in [-0.05, 0) is 35.7 Å². The molecule has 0 fully saturated rings. The average Bonchev–Trinajstić information content (AvgIpc) is 2.91. The van der Waals surface area contributed by atoms with Gasteiger partial charge >= 0.3 is 5.69 Å². The molecule has 0 saturated heterocycles. The topological polar surface area (TPSA) is 99.8 Å². The summed E-state index contributed by atoms with van der Waals surface area (Å²) in [5.41, 5.74) is 1.91. The van der Waals surface area contributed by atoms with Crippen LogP contribution in [0.1, 0.15) is 21.5 Å². The van der Waals surface area contributed by atoms with Gasteiger partial charge in [0, 0.05) is 19.2 Å². The minimum absolute atomic E-state index is 0.207. The second-order valence-corrected chi connectivity index (χ2v) is 8.36. The van der Waals surface area contributed by atoms with E-state index in [2.05, 4.69) is 0 Å². The van der Waals surface area contributed by atoms with Gasteiger partial charge in [0.2, 0.25) is 0 Å². The van der Waals surface area contributed by atoms with E-state index in [-0.39, 0.29) is 24.4 Å². The van der Waals surface area contributed by atoms with Crippen LogP contribution in [0.25, 0.3) is 10.9 Å². The third-order valence-electron chi connectivity index (χ3n) is 5.98. The molecule has 0 amide bonds. The maximum atomic E-state index is 13.5. The van der Waals surface area contributed by atoms with Crippen LogP contribution in [0.5, 0.6) is 5.75 Å². The molecule has 0 radical (unpaired) electrons. The Bertz CT molecular complexity index is 1460. The zero-order valence-corrected chi connectivity index (χ0v) is 20.1. The first-order valence-corrected chi connectivity index (χ1v) is 11.7. The van der Waals surface area contributed by atoms with Crippen molar-refractivity contribution in [1.82, 2.24) is 9.13 Å². The summed E-state index contributed by atoms with van der Waals surface area (Å²) >= 11 is 0. The van der Waals surface area contributed by atoms with E-state index in [0.29, 0.717) is 41.9 Å².